The van der Waals surface area contributed by atoms with Gasteiger partial charge in [-0.15, -0.1) is 11.8 Å². The summed E-state index contributed by atoms with van der Waals surface area (Å²) in [5.41, 5.74) is 1.33. The maximum atomic E-state index is 12.5. The Morgan fingerprint density at radius 2 is 1.66 bits per heavy atom. The molecule has 0 atom stereocenters. The van der Waals surface area contributed by atoms with Crippen LogP contribution in [0.4, 0.5) is 0 Å². The predicted molar refractivity (Wildman–Crippen MR) is 112 cm³/mol. The van der Waals surface area contributed by atoms with Gasteiger partial charge in [0.25, 0.3) is 5.91 Å². The second kappa shape index (κ2) is 10.7. The summed E-state index contributed by atoms with van der Waals surface area (Å²) in [5, 5.41) is 2.60. The van der Waals surface area contributed by atoms with Crippen molar-refractivity contribution in [2.24, 2.45) is 0 Å². The van der Waals surface area contributed by atoms with Gasteiger partial charge in [-0.05, 0) is 30.5 Å². The monoisotopic (exact) mass is 412 g/mol. The number of rotatable bonds is 8. The second-order valence-electron chi connectivity index (χ2n) is 6.70. The molecule has 152 valence electrons. The van der Waals surface area contributed by atoms with Crippen molar-refractivity contribution in [2.75, 3.05) is 25.4 Å². The van der Waals surface area contributed by atoms with Crippen molar-refractivity contribution in [2.45, 2.75) is 24.3 Å². The van der Waals surface area contributed by atoms with Crippen LogP contribution in [0.25, 0.3) is 0 Å². The van der Waals surface area contributed by atoms with Gasteiger partial charge < -0.3 is 15.0 Å². The van der Waals surface area contributed by atoms with Crippen LogP contribution in [0.5, 0.6) is 0 Å². The Hall–Kier alpha value is -2.80. The first kappa shape index (κ1) is 20.9. The van der Waals surface area contributed by atoms with Gasteiger partial charge in [0.05, 0.1) is 11.3 Å². The van der Waals surface area contributed by atoms with Gasteiger partial charge in [0.2, 0.25) is 5.91 Å². The zero-order valence-electron chi connectivity index (χ0n) is 16.1. The van der Waals surface area contributed by atoms with E-state index in [1.165, 1.54) is 11.8 Å². The van der Waals surface area contributed by atoms with Crippen LogP contribution < -0.4 is 5.32 Å². The van der Waals surface area contributed by atoms with Crippen LogP contribution in [0, 0.1) is 0 Å². The minimum absolute atomic E-state index is 0.0900. The molecule has 0 spiro atoms. The smallest absolute Gasteiger partial charge is 0.325 e. The molecule has 3 rings (SSSR count). The van der Waals surface area contributed by atoms with Crippen LogP contribution in [-0.4, -0.2) is 48.1 Å². The van der Waals surface area contributed by atoms with Gasteiger partial charge in [-0.2, -0.15) is 0 Å². The number of amides is 2. The first-order chi connectivity index (χ1) is 14.1. The highest BCUT2D eigenvalue weighted by Gasteiger charge is 2.19. The van der Waals surface area contributed by atoms with Crippen LogP contribution in [0.1, 0.15) is 28.8 Å². The molecule has 2 aromatic carbocycles. The van der Waals surface area contributed by atoms with Crippen molar-refractivity contribution in [1.29, 1.82) is 0 Å². The summed E-state index contributed by atoms with van der Waals surface area (Å²) in [6, 6.07) is 16.4. The number of benzene rings is 2. The lowest BCUT2D eigenvalue weighted by molar-refractivity contribution is -0.143. The molecule has 1 aliphatic heterocycles. The Labute approximate surface area is 174 Å². The topological polar surface area (TPSA) is 75.7 Å². The number of hydrogen-bond donors (Lipinski definition) is 1. The van der Waals surface area contributed by atoms with E-state index < -0.39 is 5.97 Å². The molecule has 7 heteroatoms. The van der Waals surface area contributed by atoms with E-state index in [1.54, 1.807) is 12.1 Å². The second-order valence-corrected chi connectivity index (χ2v) is 7.72. The fourth-order valence-corrected chi connectivity index (χ4v) is 3.97. The zero-order valence-corrected chi connectivity index (χ0v) is 17.0. The molecule has 6 nitrogen and oxygen atoms in total. The number of likely N-dealkylation sites (tertiary alicyclic amines) is 1. The van der Waals surface area contributed by atoms with E-state index >= 15 is 0 Å². The summed E-state index contributed by atoms with van der Waals surface area (Å²) < 4.78 is 5.17. The Balaban J connectivity index is 1.48. The van der Waals surface area contributed by atoms with Gasteiger partial charge in [0, 0.05) is 18.0 Å². The highest BCUT2D eigenvalue weighted by atomic mass is 32.2. The van der Waals surface area contributed by atoms with E-state index in [1.807, 2.05) is 47.4 Å². The minimum atomic E-state index is -0.503. The number of carbonyl (C=O) groups is 3. The number of carbonyl (C=O) groups excluding carboxylic acids is 3. The van der Waals surface area contributed by atoms with Crippen LogP contribution in [0.15, 0.2) is 59.5 Å². The van der Waals surface area contributed by atoms with Crippen LogP contribution in [0.3, 0.4) is 0 Å². The number of thioether (sulfide) groups is 1. The maximum absolute atomic E-state index is 12.5. The van der Waals surface area contributed by atoms with E-state index in [0.29, 0.717) is 11.3 Å². The molecular formula is C22H24N2O4S. The molecule has 0 aliphatic carbocycles. The maximum Gasteiger partial charge on any atom is 0.325 e. The molecule has 0 radical (unpaired) electrons. The quantitative estimate of drug-likeness (QED) is 0.533. The standard InChI is InChI=1S/C22H24N2O4S/c25-20(24-12-6-7-13-24)16-29-19-11-5-4-10-18(19)22(27)23-14-21(26)28-15-17-8-2-1-3-9-17/h1-5,8-11H,6-7,12-16H2,(H,23,27). The number of nitrogens with zero attached hydrogens (tertiary/aromatic N) is 1. The third-order valence-corrected chi connectivity index (χ3v) is 5.64. The summed E-state index contributed by atoms with van der Waals surface area (Å²) in [6.45, 7) is 1.58. The summed E-state index contributed by atoms with van der Waals surface area (Å²) in [5.74, 6) is -0.481. The van der Waals surface area contributed by atoms with Gasteiger partial charge in [-0.25, -0.2) is 0 Å². The third kappa shape index (κ3) is 6.35. The van der Waals surface area contributed by atoms with E-state index in [2.05, 4.69) is 5.32 Å². The Morgan fingerprint density at radius 3 is 2.41 bits per heavy atom. The molecule has 2 aromatic rings. The fraction of sp³-hybridized carbons (Fsp3) is 0.318. The molecule has 1 fully saturated rings. The van der Waals surface area contributed by atoms with Crippen molar-refractivity contribution < 1.29 is 19.1 Å². The summed E-state index contributed by atoms with van der Waals surface area (Å²) in [6.07, 6.45) is 2.10. The fourth-order valence-electron chi connectivity index (χ4n) is 3.01. The van der Waals surface area contributed by atoms with E-state index in [-0.39, 0.29) is 25.0 Å². The normalized spacial score (nSPS) is 13.2. The lowest BCUT2D eigenvalue weighted by atomic mass is 10.2. The predicted octanol–water partition coefficient (Wildman–Crippen LogP) is 2.87. The van der Waals surface area contributed by atoms with Crippen molar-refractivity contribution in [1.82, 2.24) is 10.2 Å². The lowest BCUT2D eigenvalue weighted by Crippen LogP contribution is -2.31. The van der Waals surface area contributed by atoms with Gasteiger partial charge in [-0.1, -0.05) is 42.5 Å². The van der Waals surface area contributed by atoms with Gasteiger partial charge >= 0.3 is 5.97 Å². The average molecular weight is 413 g/mol. The van der Waals surface area contributed by atoms with E-state index in [0.717, 1.165) is 36.4 Å². The lowest BCUT2D eigenvalue weighted by Gasteiger charge is -2.15. The first-order valence-corrected chi connectivity index (χ1v) is 10.6. The molecule has 1 heterocycles. The molecule has 0 aromatic heterocycles. The molecule has 0 bridgehead atoms. The molecule has 2 amide bonds. The SMILES string of the molecule is O=C(CNC(=O)c1ccccc1SCC(=O)N1CCCC1)OCc1ccccc1. The highest BCUT2D eigenvalue weighted by molar-refractivity contribution is 8.00. The van der Waals surface area contributed by atoms with Crippen molar-refractivity contribution in [3.63, 3.8) is 0 Å². The third-order valence-electron chi connectivity index (χ3n) is 4.58. The van der Waals surface area contributed by atoms with Crippen LogP contribution in [-0.2, 0) is 20.9 Å². The minimum Gasteiger partial charge on any atom is -0.460 e. The summed E-state index contributed by atoms with van der Waals surface area (Å²) in [4.78, 5) is 39.2. The Morgan fingerprint density at radius 1 is 0.966 bits per heavy atom. The highest BCUT2D eigenvalue weighted by Crippen LogP contribution is 2.23. The van der Waals surface area contributed by atoms with Crippen molar-refractivity contribution in [3.8, 4) is 0 Å². The summed E-state index contributed by atoms with van der Waals surface area (Å²) in [7, 11) is 0. The number of nitrogens with one attached hydrogen (secondary N) is 1. The molecule has 0 unspecified atom stereocenters. The molecule has 1 saturated heterocycles. The van der Waals surface area contributed by atoms with E-state index in [9.17, 15) is 14.4 Å². The number of hydrogen-bond acceptors (Lipinski definition) is 5. The Bertz CT molecular complexity index is 851. The van der Waals surface area contributed by atoms with Gasteiger partial charge in [0.1, 0.15) is 13.2 Å². The average Bonchev–Trinajstić information content (AvgIpc) is 3.30. The zero-order chi connectivity index (χ0) is 20.5. The molecule has 29 heavy (non-hydrogen) atoms. The van der Waals surface area contributed by atoms with Gasteiger partial charge in [-0.3, -0.25) is 14.4 Å². The van der Waals surface area contributed by atoms with Crippen LogP contribution >= 0.6 is 11.8 Å². The van der Waals surface area contributed by atoms with Crippen molar-refractivity contribution >= 4 is 29.5 Å². The molecule has 1 N–H and O–H groups in total. The Kier molecular flexibility index (Phi) is 7.69. The van der Waals surface area contributed by atoms with E-state index in [4.69, 9.17) is 4.74 Å². The number of ether oxygens (including phenoxy) is 1. The first-order valence-electron chi connectivity index (χ1n) is 9.61. The van der Waals surface area contributed by atoms with Crippen molar-refractivity contribution in [3.05, 3.63) is 65.7 Å². The molecular weight excluding hydrogens is 388 g/mol. The number of esters is 1. The van der Waals surface area contributed by atoms with Gasteiger partial charge in [0.15, 0.2) is 0 Å². The molecule has 0 saturated carbocycles. The van der Waals surface area contributed by atoms with Crippen LogP contribution in [0.2, 0.25) is 0 Å². The summed E-state index contributed by atoms with van der Waals surface area (Å²) >= 11 is 1.34. The molecule has 1 aliphatic rings. The largest absolute Gasteiger partial charge is 0.460 e.